The number of carbonyl (C=O) groups excluding carboxylic acids is 2. The van der Waals surface area contributed by atoms with Crippen molar-refractivity contribution in [3.05, 3.63) is 0 Å². The van der Waals surface area contributed by atoms with E-state index in [1.165, 1.54) is 0 Å². The van der Waals surface area contributed by atoms with Gasteiger partial charge in [0.15, 0.2) is 10.9 Å². The van der Waals surface area contributed by atoms with Crippen LogP contribution in [0.5, 0.6) is 0 Å². The molecule has 0 saturated carbocycles. The number of hydrogen-bond acceptors (Lipinski definition) is 6. The highest BCUT2D eigenvalue weighted by Crippen LogP contribution is 2.21. The molecule has 1 aliphatic heterocycles. The second-order valence-corrected chi connectivity index (χ2v) is 4.26. The molecule has 108 valence electrons. The molecule has 8 nitrogen and oxygen atoms in total. The molecule has 19 heavy (non-hydrogen) atoms. The number of alkyl carbamates (subject to hydrolysis) is 1. The second-order valence-electron chi connectivity index (χ2n) is 3.86. The van der Waals surface area contributed by atoms with Crippen molar-refractivity contribution < 1.29 is 23.8 Å². The van der Waals surface area contributed by atoms with Crippen LogP contribution in [0.1, 0.15) is 20.3 Å². The maximum Gasteiger partial charge on any atom is 0.413 e. The minimum Gasteiger partial charge on any atom is -0.450 e. The van der Waals surface area contributed by atoms with Gasteiger partial charge in [0.2, 0.25) is 5.91 Å². The van der Waals surface area contributed by atoms with Gasteiger partial charge in [-0.05, 0) is 26.1 Å². The highest BCUT2D eigenvalue weighted by atomic mass is 32.1. The first-order valence-corrected chi connectivity index (χ1v) is 6.16. The Bertz CT molecular complexity index is 357. The van der Waals surface area contributed by atoms with Gasteiger partial charge in [-0.2, -0.15) is 0 Å². The van der Waals surface area contributed by atoms with Crippen LogP contribution < -0.4 is 16.2 Å². The molecule has 1 heterocycles. The van der Waals surface area contributed by atoms with Gasteiger partial charge in [0.1, 0.15) is 0 Å². The molecule has 0 atom stereocenters. The lowest BCUT2D eigenvalue weighted by atomic mass is 10.2. The Kier molecular flexibility index (Phi) is 5.93. The van der Waals surface area contributed by atoms with Crippen molar-refractivity contribution in [2.24, 2.45) is 0 Å². The molecule has 0 unspecified atom stereocenters. The van der Waals surface area contributed by atoms with Gasteiger partial charge in [-0.1, -0.05) is 0 Å². The van der Waals surface area contributed by atoms with Crippen molar-refractivity contribution in [2.75, 3.05) is 19.8 Å². The average molecular weight is 291 g/mol. The van der Waals surface area contributed by atoms with Crippen LogP contribution in [-0.4, -0.2) is 42.7 Å². The maximum absolute atomic E-state index is 11.6. The van der Waals surface area contributed by atoms with Crippen molar-refractivity contribution >= 4 is 29.3 Å². The lowest BCUT2D eigenvalue weighted by Gasteiger charge is -2.21. The van der Waals surface area contributed by atoms with Gasteiger partial charge in [0, 0.05) is 0 Å². The Hall–Kier alpha value is -1.45. The molecule has 1 saturated heterocycles. The third-order valence-electron chi connectivity index (χ3n) is 2.19. The number of thiocarbonyl (C=S) groups is 1. The molecular weight excluding hydrogens is 274 g/mol. The van der Waals surface area contributed by atoms with Gasteiger partial charge in [-0.15, -0.1) is 0 Å². The van der Waals surface area contributed by atoms with Crippen molar-refractivity contribution in [1.82, 2.24) is 16.2 Å². The number of ether oxygens (including phenoxy) is 3. The monoisotopic (exact) mass is 291 g/mol. The molecule has 2 amide bonds. The summed E-state index contributed by atoms with van der Waals surface area (Å²) in [6, 6.07) is 0. The Balaban J connectivity index is 2.22. The first-order chi connectivity index (χ1) is 8.95. The largest absolute Gasteiger partial charge is 0.450 e. The zero-order valence-electron chi connectivity index (χ0n) is 10.8. The van der Waals surface area contributed by atoms with Gasteiger partial charge in [0.25, 0.3) is 0 Å². The normalized spacial score (nSPS) is 16.5. The molecule has 9 heteroatoms. The van der Waals surface area contributed by atoms with Crippen LogP contribution in [0.3, 0.4) is 0 Å². The van der Waals surface area contributed by atoms with E-state index in [0.29, 0.717) is 13.2 Å². The summed E-state index contributed by atoms with van der Waals surface area (Å²) in [6.07, 6.45) is -0.675. The Morgan fingerprint density at radius 3 is 2.53 bits per heavy atom. The van der Waals surface area contributed by atoms with E-state index in [1.54, 1.807) is 13.8 Å². The summed E-state index contributed by atoms with van der Waals surface area (Å²) in [7, 11) is 0. The lowest BCUT2D eigenvalue weighted by Crippen LogP contribution is -2.50. The van der Waals surface area contributed by atoms with Crippen LogP contribution in [0.25, 0.3) is 0 Å². The third-order valence-corrected chi connectivity index (χ3v) is 2.39. The fraction of sp³-hybridized carbons (Fsp3) is 0.700. The SMILES string of the molecule is CCOC(=O)NC(=S)NNC(=O)CC1(C)OCCO1. The molecule has 0 aromatic rings. The van der Waals surface area contributed by atoms with E-state index < -0.39 is 11.9 Å². The van der Waals surface area contributed by atoms with Crippen LogP contribution >= 0.6 is 12.2 Å². The van der Waals surface area contributed by atoms with Crippen LogP contribution in [0.4, 0.5) is 4.79 Å². The zero-order chi connectivity index (χ0) is 14.3. The fourth-order valence-corrected chi connectivity index (χ4v) is 1.55. The molecule has 1 fully saturated rings. The summed E-state index contributed by atoms with van der Waals surface area (Å²) in [5.41, 5.74) is 4.69. The van der Waals surface area contributed by atoms with Crippen molar-refractivity contribution in [2.45, 2.75) is 26.1 Å². The number of rotatable bonds is 3. The molecule has 0 spiro atoms. The fourth-order valence-electron chi connectivity index (χ4n) is 1.41. The Morgan fingerprint density at radius 1 is 1.32 bits per heavy atom. The number of hydrogen-bond donors (Lipinski definition) is 3. The second kappa shape index (κ2) is 7.22. The summed E-state index contributed by atoms with van der Waals surface area (Å²) in [5, 5.41) is 2.16. The van der Waals surface area contributed by atoms with E-state index in [9.17, 15) is 9.59 Å². The number of carbonyl (C=O) groups is 2. The maximum atomic E-state index is 11.6. The van der Waals surface area contributed by atoms with E-state index in [4.69, 9.17) is 21.7 Å². The number of amides is 2. The highest BCUT2D eigenvalue weighted by molar-refractivity contribution is 7.80. The molecule has 3 N–H and O–H groups in total. The minimum atomic E-state index is -0.915. The van der Waals surface area contributed by atoms with Crippen LogP contribution in [0.15, 0.2) is 0 Å². The van der Waals surface area contributed by atoms with Gasteiger partial charge in [-0.3, -0.25) is 21.0 Å². The predicted octanol–water partition coefficient (Wildman–Crippen LogP) is -0.209. The molecule has 0 bridgehead atoms. The van der Waals surface area contributed by atoms with E-state index in [1.807, 2.05) is 0 Å². The van der Waals surface area contributed by atoms with Crippen molar-refractivity contribution in [1.29, 1.82) is 0 Å². The van der Waals surface area contributed by atoms with Crippen molar-refractivity contribution in [3.8, 4) is 0 Å². The number of hydrazine groups is 1. The van der Waals surface area contributed by atoms with Crippen LogP contribution in [-0.2, 0) is 19.0 Å². The highest BCUT2D eigenvalue weighted by Gasteiger charge is 2.33. The minimum absolute atomic E-state index is 0.0159. The Morgan fingerprint density at radius 2 is 1.95 bits per heavy atom. The van der Waals surface area contributed by atoms with Gasteiger partial charge in [-0.25, -0.2) is 4.79 Å². The van der Waals surface area contributed by atoms with E-state index in [0.717, 1.165) is 0 Å². The van der Waals surface area contributed by atoms with E-state index in [-0.39, 0.29) is 24.0 Å². The topological polar surface area (TPSA) is 97.9 Å². The van der Waals surface area contributed by atoms with Gasteiger partial charge >= 0.3 is 6.09 Å². The zero-order valence-corrected chi connectivity index (χ0v) is 11.6. The van der Waals surface area contributed by atoms with E-state index in [2.05, 4.69) is 20.9 Å². The van der Waals surface area contributed by atoms with Gasteiger partial charge < -0.3 is 14.2 Å². The van der Waals surface area contributed by atoms with Gasteiger partial charge in [0.05, 0.1) is 26.2 Å². The first kappa shape index (κ1) is 15.6. The van der Waals surface area contributed by atoms with Crippen LogP contribution in [0.2, 0.25) is 0 Å². The molecular formula is C10H17N3O5S. The van der Waals surface area contributed by atoms with Crippen molar-refractivity contribution in [3.63, 3.8) is 0 Å². The Labute approximate surface area is 116 Å². The summed E-state index contributed by atoms with van der Waals surface area (Å²) in [4.78, 5) is 22.6. The smallest absolute Gasteiger partial charge is 0.413 e. The molecule has 0 aromatic carbocycles. The standard InChI is InChI=1S/C10H17N3O5S/c1-3-16-9(15)11-8(19)13-12-7(14)6-10(2)17-4-5-18-10/h3-6H2,1-2H3,(H,12,14)(H2,11,13,15,19). The quantitative estimate of drug-likeness (QED) is 0.489. The third kappa shape index (κ3) is 5.81. The average Bonchev–Trinajstić information content (AvgIpc) is 2.73. The molecule has 0 radical (unpaired) electrons. The lowest BCUT2D eigenvalue weighted by molar-refractivity contribution is -0.160. The van der Waals surface area contributed by atoms with Crippen LogP contribution in [0, 0.1) is 0 Å². The molecule has 0 aliphatic carbocycles. The van der Waals surface area contributed by atoms with E-state index >= 15 is 0 Å². The molecule has 1 aliphatic rings. The number of nitrogens with one attached hydrogen (secondary N) is 3. The summed E-state index contributed by atoms with van der Waals surface area (Å²) in [6.45, 7) is 4.49. The first-order valence-electron chi connectivity index (χ1n) is 5.75. The summed E-state index contributed by atoms with van der Waals surface area (Å²) in [5.74, 6) is -1.29. The predicted molar refractivity (Wildman–Crippen MR) is 69.0 cm³/mol. The summed E-state index contributed by atoms with van der Waals surface area (Å²) < 4.78 is 15.2. The summed E-state index contributed by atoms with van der Waals surface area (Å²) >= 11 is 4.77. The molecule has 0 aromatic heterocycles. The molecule has 1 rings (SSSR count).